The summed E-state index contributed by atoms with van der Waals surface area (Å²) < 4.78 is 2.43. The highest BCUT2D eigenvalue weighted by Crippen LogP contribution is 2.34. The van der Waals surface area contributed by atoms with Gasteiger partial charge in [0, 0.05) is 5.56 Å². The molecule has 0 aliphatic heterocycles. The quantitative estimate of drug-likeness (QED) is 0.441. The van der Waals surface area contributed by atoms with E-state index in [0.717, 1.165) is 10.4 Å². The van der Waals surface area contributed by atoms with Gasteiger partial charge in [-0.2, -0.15) is 0 Å². The van der Waals surface area contributed by atoms with Crippen molar-refractivity contribution in [3.8, 4) is 11.1 Å². The van der Waals surface area contributed by atoms with Crippen molar-refractivity contribution in [2.75, 3.05) is 6.26 Å². The molecule has 0 spiro atoms. The van der Waals surface area contributed by atoms with Crippen LogP contribution in [0.15, 0.2) is 63.8 Å². The Morgan fingerprint density at radius 1 is 0.905 bits per heavy atom. The van der Waals surface area contributed by atoms with Crippen molar-refractivity contribution in [1.82, 2.24) is 0 Å². The predicted molar refractivity (Wildman–Crippen MR) is 95.8 cm³/mol. The van der Waals surface area contributed by atoms with Crippen molar-refractivity contribution in [2.24, 2.45) is 4.99 Å². The summed E-state index contributed by atoms with van der Waals surface area (Å²) in [6.45, 7) is 2.10. The average molecular weight is 330 g/mol. The molecule has 21 heavy (non-hydrogen) atoms. The number of hydrogen-bond donors (Lipinski definition) is 0. The van der Waals surface area contributed by atoms with Crippen molar-refractivity contribution in [3.63, 3.8) is 0 Å². The molecular weight excluding hydrogens is 314 g/mol. The van der Waals surface area contributed by atoms with Crippen LogP contribution in [-0.4, -0.2) is 6.26 Å². The average Bonchev–Trinajstić information content (AvgIpc) is 2.93. The van der Waals surface area contributed by atoms with E-state index in [9.17, 15) is 0 Å². The van der Waals surface area contributed by atoms with Crippen LogP contribution in [0.5, 0.6) is 0 Å². The number of rotatable bonds is 3. The minimum absolute atomic E-state index is 1.01. The Morgan fingerprint density at radius 3 is 2.29 bits per heavy atom. The van der Waals surface area contributed by atoms with Gasteiger partial charge in [-0.1, -0.05) is 68.7 Å². The van der Waals surface area contributed by atoms with Gasteiger partial charge in [0.05, 0.1) is 9.90 Å². The molecule has 0 aliphatic rings. The topological polar surface area (TPSA) is 12.4 Å². The van der Waals surface area contributed by atoms with Gasteiger partial charge in [0.15, 0.2) is 0 Å². The third-order valence-electron chi connectivity index (χ3n) is 3.13. The molecule has 2 aromatic carbocycles. The molecule has 0 saturated carbocycles. The van der Waals surface area contributed by atoms with E-state index in [1.807, 2.05) is 0 Å². The Bertz CT molecular complexity index is 783. The van der Waals surface area contributed by atoms with Crippen molar-refractivity contribution in [3.05, 3.63) is 64.8 Å². The molecule has 1 nitrogen and oxygen atoms in total. The molecule has 0 aliphatic carbocycles. The fourth-order valence-electron chi connectivity index (χ4n) is 2.04. The molecule has 3 rings (SSSR count). The molecule has 3 aromatic rings. The molecule has 1 heterocycles. The first-order chi connectivity index (χ1) is 10.3. The highest BCUT2D eigenvalue weighted by Gasteiger charge is 2.10. The standard InChI is InChI=1S/C17H15NS3/c1-12-8-10-14(11-9-12)18-16-15(17(19-2)21-20-16)13-6-4-3-5-7-13/h3-11H,1-2H3. The fourth-order valence-corrected chi connectivity index (χ4v) is 5.75. The summed E-state index contributed by atoms with van der Waals surface area (Å²) in [6, 6.07) is 18.9. The zero-order valence-electron chi connectivity index (χ0n) is 11.9. The lowest BCUT2D eigenvalue weighted by Crippen LogP contribution is -1.97. The van der Waals surface area contributed by atoms with Crippen LogP contribution in [0, 0.1) is 6.92 Å². The molecule has 0 amide bonds. The number of hydrogen-bond acceptors (Lipinski definition) is 4. The summed E-state index contributed by atoms with van der Waals surface area (Å²) in [7, 11) is 3.55. The lowest BCUT2D eigenvalue weighted by Gasteiger charge is -2.01. The lowest BCUT2D eigenvalue weighted by atomic mass is 10.1. The zero-order chi connectivity index (χ0) is 14.7. The molecule has 0 fully saturated rings. The SMILES string of the molecule is CSc1ssc(=Nc2ccc(C)cc2)c1-c1ccccc1. The molecular formula is C17H15NS3. The fraction of sp³-hybridized carbons (Fsp3) is 0.118. The molecule has 0 N–H and O–H groups in total. The third kappa shape index (κ3) is 3.28. The van der Waals surface area contributed by atoms with Gasteiger partial charge in [-0.3, -0.25) is 0 Å². The van der Waals surface area contributed by atoms with E-state index in [1.165, 1.54) is 20.9 Å². The molecule has 0 radical (unpaired) electrons. The Hall–Kier alpha value is -1.36. The maximum atomic E-state index is 4.84. The first-order valence-electron chi connectivity index (χ1n) is 6.62. The molecule has 1 aromatic heterocycles. The summed E-state index contributed by atoms with van der Waals surface area (Å²) >= 11 is 1.79. The molecule has 0 bridgehead atoms. The maximum Gasteiger partial charge on any atom is 0.136 e. The van der Waals surface area contributed by atoms with Gasteiger partial charge in [0.1, 0.15) is 4.67 Å². The van der Waals surface area contributed by atoms with Gasteiger partial charge in [-0.15, -0.1) is 11.8 Å². The van der Waals surface area contributed by atoms with Crippen molar-refractivity contribution >= 4 is 38.1 Å². The van der Waals surface area contributed by atoms with Gasteiger partial charge in [0.25, 0.3) is 0 Å². The van der Waals surface area contributed by atoms with Crippen LogP contribution in [0.2, 0.25) is 0 Å². The Balaban J connectivity index is 2.15. The summed E-state index contributed by atoms with van der Waals surface area (Å²) in [5.74, 6) is 0. The second kappa shape index (κ2) is 6.60. The van der Waals surface area contributed by atoms with E-state index in [0.29, 0.717) is 0 Å². The summed E-state index contributed by atoms with van der Waals surface area (Å²) in [4.78, 5) is 4.84. The Labute approximate surface area is 136 Å². The lowest BCUT2D eigenvalue weighted by molar-refractivity contribution is 1.37. The van der Waals surface area contributed by atoms with E-state index in [2.05, 4.69) is 67.8 Å². The van der Waals surface area contributed by atoms with Crippen molar-refractivity contribution < 1.29 is 0 Å². The van der Waals surface area contributed by atoms with Crippen LogP contribution in [0.3, 0.4) is 0 Å². The Morgan fingerprint density at radius 2 is 1.62 bits per heavy atom. The van der Waals surface area contributed by atoms with Crippen LogP contribution in [0.1, 0.15) is 5.56 Å². The van der Waals surface area contributed by atoms with Gasteiger partial charge >= 0.3 is 0 Å². The molecule has 106 valence electrons. The van der Waals surface area contributed by atoms with Crippen LogP contribution in [0.4, 0.5) is 5.69 Å². The number of thioether (sulfide) groups is 1. The smallest absolute Gasteiger partial charge is 0.136 e. The monoisotopic (exact) mass is 329 g/mol. The minimum atomic E-state index is 1.01. The van der Waals surface area contributed by atoms with E-state index < -0.39 is 0 Å². The minimum Gasteiger partial charge on any atom is -0.237 e. The van der Waals surface area contributed by atoms with Crippen LogP contribution < -0.4 is 4.67 Å². The second-order valence-corrected chi connectivity index (χ2v) is 7.85. The molecule has 0 unspecified atom stereocenters. The Kier molecular flexibility index (Phi) is 4.58. The van der Waals surface area contributed by atoms with E-state index in [-0.39, 0.29) is 0 Å². The van der Waals surface area contributed by atoms with Gasteiger partial charge in [0.2, 0.25) is 0 Å². The second-order valence-electron chi connectivity index (χ2n) is 4.65. The van der Waals surface area contributed by atoms with E-state index in [4.69, 9.17) is 4.99 Å². The summed E-state index contributed by atoms with van der Waals surface area (Å²) in [5.41, 5.74) is 4.78. The van der Waals surface area contributed by atoms with Gasteiger partial charge in [-0.05, 0) is 30.9 Å². The van der Waals surface area contributed by atoms with Gasteiger partial charge in [-0.25, -0.2) is 4.99 Å². The van der Waals surface area contributed by atoms with Crippen molar-refractivity contribution in [1.29, 1.82) is 0 Å². The normalized spacial score (nSPS) is 11.8. The van der Waals surface area contributed by atoms with E-state index >= 15 is 0 Å². The highest BCUT2D eigenvalue weighted by atomic mass is 32.9. The summed E-state index contributed by atoms with van der Waals surface area (Å²) in [6.07, 6.45) is 2.13. The van der Waals surface area contributed by atoms with E-state index in [1.54, 1.807) is 32.4 Å². The highest BCUT2D eigenvalue weighted by molar-refractivity contribution is 8.02. The number of aryl methyl sites for hydroxylation is 1. The molecule has 0 atom stereocenters. The van der Waals surface area contributed by atoms with Gasteiger partial charge < -0.3 is 0 Å². The van der Waals surface area contributed by atoms with Crippen LogP contribution in [-0.2, 0) is 0 Å². The number of benzene rings is 2. The molecule has 0 saturated heterocycles. The molecule has 4 heteroatoms. The first-order valence-corrected chi connectivity index (χ1v) is 9.99. The zero-order valence-corrected chi connectivity index (χ0v) is 14.3. The predicted octanol–water partition coefficient (Wildman–Crippen LogP) is 5.74. The largest absolute Gasteiger partial charge is 0.237 e. The van der Waals surface area contributed by atoms with Crippen molar-refractivity contribution in [2.45, 2.75) is 11.1 Å². The van der Waals surface area contributed by atoms with Crippen LogP contribution in [0.25, 0.3) is 11.1 Å². The summed E-state index contributed by atoms with van der Waals surface area (Å²) in [5, 5.41) is 0. The third-order valence-corrected chi connectivity index (χ3v) is 6.88. The maximum absolute atomic E-state index is 4.84. The number of nitrogens with zero attached hydrogens (tertiary/aromatic N) is 1. The first kappa shape index (κ1) is 14.6. The van der Waals surface area contributed by atoms with Crippen LogP contribution >= 0.6 is 32.4 Å².